The summed E-state index contributed by atoms with van der Waals surface area (Å²) < 4.78 is 0. The molecule has 0 bridgehead atoms. The van der Waals surface area contributed by atoms with Crippen LogP contribution in [-0.4, -0.2) is 22.3 Å². The van der Waals surface area contributed by atoms with Gasteiger partial charge in [-0.15, -0.1) is 0 Å². The summed E-state index contributed by atoms with van der Waals surface area (Å²) in [6.07, 6.45) is 7.02. The molecule has 0 spiro atoms. The normalized spacial score (nSPS) is 41.3. The molecule has 0 unspecified atom stereocenters. The highest BCUT2D eigenvalue weighted by molar-refractivity contribution is 5.75. The average molecular weight is 318 g/mol. The topological polar surface area (TPSA) is 57.5 Å². The van der Waals surface area contributed by atoms with E-state index in [-0.39, 0.29) is 17.3 Å². The number of carboxylic acids is 1. The Kier molecular flexibility index (Phi) is 4.91. The molecular weight excluding hydrogens is 288 g/mol. The summed E-state index contributed by atoms with van der Waals surface area (Å²) in [5.41, 5.74) is 1.24. The van der Waals surface area contributed by atoms with Gasteiger partial charge in [-0.2, -0.15) is 0 Å². The molecule has 0 radical (unpaired) electrons. The molecule has 0 aromatic rings. The summed E-state index contributed by atoms with van der Waals surface area (Å²) in [5.74, 6) is -0.495. The number of hydrogen-bond donors (Lipinski definition) is 2. The van der Waals surface area contributed by atoms with Gasteiger partial charge in [0.1, 0.15) is 0 Å². The minimum atomic E-state index is -0.859. The molecule has 128 valence electrons. The number of rotatable bonds is 4. The Hall–Kier alpha value is -1.35. The van der Waals surface area contributed by atoms with Crippen molar-refractivity contribution < 1.29 is 15.0 Å². The van der Waals surface area contributed by atoms with Crippen LogP contribution in [0.4, 0.5) is 0 Å². The van der Waals surface area contributed by atoms with Crippen molar-refractivity contribution in [3.8, 4) is 0 Å². The molecule has 2 N–H and O–H groups in total. The van der Waals surface area contributed by atoms with Gasteiger partial charge in [0.25, 0.3) is 0 Å². The lowest BCUT2D eigenvalue weighted by molar-refractivity contribution is -0.173. The van der Waals surface area contributed by atoms with Crippen molar-refractivity contribution in [1.29, 1.82) is 0 Å². The molecule has 0 amide bonds. The standard InChI is InChI=1S/C20H30O3/c1-6-13(2)7-9-16-14(3)8-10-17-19(16,4)11-15(21)12-20(17,5)18(22)23/h6-7,15-17,21H,1,3,8-12H2,2,4-5H3,(H,22,23)/b13-7-/t15-,16-,17-,19+,20+/m1/s1. The van der Waals surface area contributed by atoms with Crippen LogP contribution >= 0.6 is 0 Å². The van der Waals surface area contributed by atoms with Crippen LogP contribution in [0.15, 0.2) is 36.5 Å². The van der Waals surface area contributed by atoms with Gasteiger partial charge in [-0.3, -0.25) is 4.79 Å². The Labute approximate surface area is 139 Å². The maximum absolute atomic E-state index is 12.0. The van der Waals surface area contributed by atoms with Crippen LogP contribution in [-0.2, 0) is 4.79 Å². The lowest BCUT2D eigenvalue weighted by Gasteiger charge is -2.58. The van der Waals surface area contributed by atoms with Gasteiger partial charge in [0.2, 0.25) is 0 Å². The first-order valence-corrected chi connectivity index (χ1v) is 8.53. The molecule has 5 atom stereocenters. The first-order valence-electron chi connectivity index (χ1n) is 8.53. The SMILES string of the molecule is C=C/C(C)=C\C[C@@H]1C(=C)CC[C@@H]2[C@@]1(C)C[C@@H](O)C[C@]2(C)C(=O)O. The summed E-state index contributed by atoms with van der Waals surface area (Å²) in [7, 11) is 0. The van der Waals surface area contributed by atoms with E-state index in [1.165, 1.54) is 5.57 Å². The molecular formula is C20H30O3. The van der Waals surface area contributed by atoms with Gasteiger partial charge in [-0.05, 0) is 63.2 Å². The predicted molar refractivity (Wildman–Crippen MR) is 93.0 cm³/mol. The molecule has 0 aliphatic heterocycles. The van der Waals surface area contributed by atoms with Gasteiger partial charge < -0.3 is 10.2 Å². The number of allylic oxidation sites excluding steroid dienone is 4. The van der Waals surface area contributed by atoms with Crippen molar-refractivity contribution in [1.82, 2.24) is 0 Å². The number of aliphatic carboxylic acids is 1. The van der Waals surface area contributed by atoms with Crippen molar-refractivity contribution >= 4 is 5.97 Å². The van der Waals surface area contributed by atoms with Crippen LogP contribution in [0, 0.1) is 22.7 Å². The van der Waals surface area contributed by atoms with Crippen LogP contribution in [0.3, 0.4) is 0 Å². The molecule has 0 aromatic carbocycles. The summed E-state index contributed by atoms with van der Waals surface area (Å²) in [5, 5.41) is 20.2. The zero-order chi connectivity index (χ0) is 17.4. The Morgan fingerprint density at radius 1 is 1.39 bits per heavy atom. The molecule has 3 nitrogen and oxygen atoms in total. The highest BCUT2D eigenvalue weighted by Gasteiger charge is 2.59. The van der Waals surface area contributed by atoms with Gasteiger partial charge in [0.15, 0.2) is 0 Å². The van der Waals surface area contributed by atoms with Crippen molar-refractivity contribution in [2.24, 2.45) is 22.7 Å². The monoisotopic (exact) mass is 318 g/mol. The minimum absolute atomic E-state index is 0.0730. The second kappa shape index (κ2) is 6.27. The lowest BCUT2D eigenvalue weighted by atomic mass is 9.46. The molecule has 0 aromatic heterocycles. The predicted octanol–water partition coefficient (Wildman–Crippen LogP) is 4.34. The van der Waals surface area contributed by atoms with E-state index in [0.717, 1.165) is 24.8 Å². The molecule has 2 fully saturated rings. The summed E-state index contributed by atoms with van der Waals surface area (Å²) in [6.45, 7) is 14.1. The maximum Gasteiger partial charge on any atom is 0.309 e. The van der Waals surface area contributed by atoms with E-state index in [0.29, 0.717) is 12.8 Å². The summed E-state index contributed by atoms with van der Waals surface area (Å²) in [4.78, 5) is 12.0. The fourth-order valence-electron chi connectivity index (χ4n) is 5.14. The quantitative estimate of drug-likeness (QED) is 0.599. The zero-order valence-electron chi connectivity index (χ0n) is 14.6. The summed E-state index contributed by atoms with van der Waals surface area (Å²) in [6, 6.07) is 0. The number of hydrogen-bond acceptors (Lipinski definition) is 2. The van der Waals surface area contributed by atoms with Crippen LogP contribution in [0.25, 0.3) is 0 Å². The van der Waals surface area contributed by atoms with Crippen LogP contribution in [0.2, 0.25) is 0 Å². The van der Waals surface area contributed by atoms with Gasteiger partial charge in [0.05, 0.1) is 11.5 Å². The van der Waals surface area contributed by atoms with E-state index in [4.69, 9.17) is 0 Å². The molecule has 2 rings (SSSR count). The van der Waals surface area contributed by atoms with Crippen molar-refractivity contribution in [3.05, 3.63) is 36.5 Å². The fraction of sp³-hybridized carbons (Fsp3) is 0.650. The number of carbonyl (C=O) groups is 1. The summed E-state index contributed by atoms with van der Waals surface area (Å²) >= 11 is 0. The smallest absolute Gasteiger partial charge is 0.309 e. The zero-order valence-corrected chi connectivity index (χ0v) is 14.6. The third-order valence-corrected chi connectivity index (χ3v) is 6.43. The molecule has 2 aliphatic rings. The van der Waals surface area contributed by atoms with Crippen LogP contribution in [0.1, 0.15) is 52.9 Å². The van der Waals surface area contributed by atoms with Crippen molar-refractivity contribution in [2.75, 3.05) is 0 Å². The number of aliphatic hydroxyl groups excluding tert-OH is 1. The Morgan fingerprint density at radius 3 is 2.61 bits per heavy atom. The molecule has 0 saturated heterocycles. The highest BCUT2D eigenvalue weighted by Crippen LogP contribution is 2.61. The lowest BCUT2D eigenvalue weighted by Crippen LogP contribution is -2.56. The van der Waals surface area contributed by atoms with Gasteiger partial charge in [-0.1, -0.05) is 43.4 Å². The van der Waals surface area contributed by atoms with Crippen molar-refractivity contribution in [2.45, 2.75) is 59.0 Å². The van der Waals surface area contributed by atoms with Crippen LogP contribution < -0.4 is 0 Å². The van der Waals surface area contributed by atoms with Crippen molar-refractivity contribution in [3.63, 3.8) is 0 Å². The minimum Gasteiger partial charge on any atom is -0.481 e. The maximum atomic E-state index is 12.0. The van der Waals surface area contributed by atoms with Gasteiger partial charge in [-0.25, -0.2) is 0 Å². The highest BCUT2D eigenvalue weighted by atomic mass is 16.4. The van der Waals surface area contributed by atoms with E-state index in [1.54, 1.807) is 0 Å². The number of fused-ring (bicyclic) bond motifs is 1. The average Bonchev–Trinajstić information content (AvgIpc) is 2.44. The molecule has 2 aliphatic carbocycles. The number of aliphatic hydroxyl groups is 1. The molecule has 3 heteroatoms. The third kappa shape index (κ3) is 3.03. The Balaban J connectivity index is 2.42. The third-order valence-electron chi connectivity index (χ3n) is 6.43. The second-order valence-corrected chi connectivity index (χ2v) is 7.98. The van der Waals surface area contributed by atoms with E-state index in [9.17, 15) is 15.0 Å². The fourth-order valence-corrected chi connectivity index (χ4v) is 5.14. The van der Waals surface area contributed by atoms with E-state index >= 15 is 0 Å². The Morgan fingerprint density at radius 2 is 2.04 bits per heavy atom. The first-order chi connectivity index (χ1) is 10.6. The largest absolute Gasteiger partial charge is 0.481 e. The second-order valence-electron chi connectivity index (χ2n) is 7.98. The molecule has 23 heavy (non-hydrogen) atoms. The van der Waals surface area contributed by atoms with E-state index in [1.807, 2.05) is 19.9 Å². The Bertz CT molecular complexity index is 547. The van der Waals surface area contributed by atoms with Gasteiger partial charge in [0, 0.05) is 0 Å². The molecule has 0 heterocycles. The van der Waals surface area contributed by atoms with Gasteiger partial charge >= 0.3 is 5.97 Å². The molecule has 2 saturated carbocycles. The first kappa shape index (κ1) is 18.0. The van der Waals surface area contributed by atoms with Crippen LogP contribution in [0.5, 0.6) is 0 Å². The van der Waals surface area contributed by atoms with E-state index in [2.05, 4.69) is 26.2 Å². The number of carboxylic acid groups (broad SMARTS) is 1. The van der Waals surface area contributed by atoms with E-state index < -0.39 is 17.5 Å².